The van der Waals surface area contributed by atoms with Crippen LogP contribution in [0.1, 0.15) is 19.4 Å². The summed E-state index contributed by atoms with van der Waals surface area (Å²) in [5, 5.41) is 0. The molecule has 4 nitrogen and oxygen atoms in total. The Hall–Kier alpha value is -1.55. The summed E-state index contributed by atoms with van der Waals surface area (Å²) < 4.78 is 10.9. The average molecular weight is 291 g/mol. The highest BCUT2D eigenvalue weighted by Crippen LogP contribution is 2.27. The van der Waals surface area contributed by atoms with Gasteiger partial charge >= 0.3 is 0 Å². The van der Waals surface area contributed by atoms with Crippen LogP contribution in [0.15, 0.2) is 24.3 Å². The van der Waals surface area contributed by atoms with E-state index in [1.165, 1.54) is 0 Å². The lowest BCUT2D eigenvalue weighted by molar-refractivity contribution is -0.138. The van der Waals surface area contributed by atoms with Gasteiger partial charge in [-0.25, -0.2) is 0 Å². The first-order valence-electron chi connectivity index (χ1n) is 7.60. The van der Waals surface area contributed by atoms with Gasteiger partial charge in [-0.3, -0.25) is 4.79 Å². The zero-order chi connectivity index (χ0) is 15.2. The summed E-state index contributed by atoms with van der Waals surface area (Å²) in [5.41, 5.74) is 1.12. The number of nitrogens with zero attached hydrogens (tertiary/aromatic N) is 1. The lowest BCUT2D eigenvalue weighted by Gasteiger charge is -2.31. The van der Waals surface area contributed by atoms with Gasteiger partial charge in [0.25, 0.3) is 0 Å². The molecule has 1 aliphatic rings. The van der Waals surface area contributed by atoms with Gasteiger partial charge in [0.1, 0.15) is 12.4 Å². The maximum atomic E-state index is 12.7. The molecule has 2 rings (SSSR count). The third-order valence-corrected chi connectivity index (χ3v) is 3.69. The first-order chi connectivity index (χ1) is 10.1. The molecule has 1 aliphatic heterocycles. The molecule has 1 aromatic carbocycles. The van der Waals surface area contributed by atoms with Gasteiger partial charge in [-0.2, -0.15) is 0 Å². The highest BCUT2D eigenvalue weighted by atomic mass is 16.5. The minimum absolute atomic E-state index is 0.0875. The maximum Gasteiger partial charge on any atom is 0.229 e. The highest BCUT2D eigenvalue weighted by Gasteiger charge is 2.29. The van der Waals surface area contributed by atoms with Gasteiger partial charge in [0.2, 0.25) is 5.91 Å². The normalized spacial score (nSPS) is 17.2. The van der Waals surface area contributed by atoms with Gasteiger partial charge in [-0.15, -0.1) is 0 Å². The Morgan fingerprint density at radius 2 is 2.19 bits per heavy atom. The van der Waals surface area contributed by atoms with Crippen LogP contribution >= 0.6 is 0 Å². The molecule has 0 radical (unpaired) electrons. The zero-order valence-corrected chi connectivity index (χ0v) is 13.2. The molecule has 116 valence electrons. The number of carbonyl (C=O) groups is 1. The fourth-order valence-corrected chi connectivity index (χ4v) is 2.68. The van der Waals surface area contributed by atoms with Crippen molar-refractivity contribution in [1.29, 1.82) is 0 Å². The van der Waals surface area contributed by atoms with Crippen LogP contribution < -0.4 is 4.74 Å². The molecule has 0 N–H and O–H groups in total. The van der Waals surface area contributed by atoms with Gasteiger partial charge < -0.3 is 14.4 Å². The number of benzene rings is 1. The lowest BCUT2D eigenvalue weighted by Crippen LogP contribution is -2.43. The molecular formula is C17H25NO3. The molecule has 0 saturated heterocycles. The summed E-state index contributed by atoms with van der Waals surface area (Å²) in [6, 6.07) is 7.96. The van der Waals surface area contributed by atoms with Gasteiger partial charge in [0.05, 0.1) is 12.5 Å². The Bertz CT molecular complexity index is 473. The van der Waals surface area contributed by atoms with Crippen molar-refractivity contribution in [3.05, 3.63) is 29.8 Å². The van der Waals surface area contributed by atoms with Crippen molar-refractivity contribution in [2.45, 2.75) is 20.3 Å². The van der Waals surface area contributed by atoms with Crippen LogP contribution in [0.4, 0.5) is 0 Å². The standard InChI is InChI=1S/C17H25NO3/c1-13(2)11-18(8-9-20-3)17(19)15-10-14-6-4-5-7-16(14)21-12-15/h4-7,13,15H,8-12H2,1-3H3. The predicted molar refractivity (Wildman–Crippen MR) is 82.4 cm³/mol. The van der Waals surface area contributed by atoms with E-state index < -0.39 is 0 Å². The summed E-state index contributed by atoms with van der Waals surface area (Å²) in [4.78, 5) is 14.7. The summed E-state index contributed by atoms with van der Waals surface area (Å²) in [6.07, 6.45) is 0.761. The highest BCUT2D eigenvalue weighted by molar-refractivity contribution is 5.79. The fraction of sp³-hybridized carbons (Fsp3) is 0.588. The largest absolute Gasteiger partial charge is 0.492 e. The minimum atomic E-state index is -0.0875. The number of rotatable bonds is 6. The number of hydrogen-bond acceptors (Lipinski definition) is 3. The van der Waals surface area contributed by atoms with E-state index >= 15 is 0 Å². The van der Waals surface area contributed by atoms with Crippen molar-refractivity contribution in [2.75, 3.05) is 33.4 Å². The van der Waals surface area contributed by atoms with Gasteiger partial charge in [0.15, 0.2) is 0 Å². The molecule has 0 aromatic heterocycles. The molecule has 21 heavy (non-hydrogen) atoms. The van der Waals surface area contributed by atoms with Crippen molar-refractivity contribution >= 4 is 5.91 Å². The molecule has 4 heteroatoms. The van der Waals surface area contributed by atoms with Crippen molar-refractivity contribution in [1.82, 2.24) is 4.90 Å². The molecule has 0 aliphatic carbocycles. The van der Waals surface area contributed by atoms with Crippen molar-refractivity contribution < 1.29 is 14.3 Å². The molecule has 1 unspecified atom stereocenters. The van der Waals surface area contributed by atoms with Crippen LogP contribution in [0.3, 0.4) is 0 Å². The van der Waals surface area contributed by atoms with Crippen LogP contribution in [0.25, 0.3) is 0 Å². The summed E-state index contributed by atoms with van der Waals surface area (Å²) in [5.74, 6) is 1.45. The third-order valence-electron chi connectivity index (χ3n) is 3.69. The molecule has 0 saturated carbocycles. The van der Waals surface area contributed by atoms with Gasteiger partial charge in [-0.05, 0) is 24.0 Å². The van der Waals surface area contributed by atoms with Crippen LogP contribution in [0, 0.1) is 11.8 Å². The van der Waals surface area contributed by atoms with E-state index in [1.54, 1.807) is 7.11 Å². The topological polar surface area (TPSA) is 38.8 Å². The van der Waals surface area contributed by atoms with E-state index in [1.807, 2.05) is 29.2 Å². The monoisotopic (exact) mass is 291 g/mol. The Labute approximate surface area is 127 Å². The smallest absolute Gasteiger partial charge is 0.229 e. The van der Waals surface area contributed by atoms with Crippen molar-refractivity contribution in [3.8, 4) is 5.75 Å². The number of fused-ring (bicyclic) bond motifs is 1. The van der Waals surface area contributed by atoms with Crippen LogP contribution in [-0.4, -0.2) is 44.2 Å². The van der Waals surface area contributed by atoms with E-state index in [2.05, 4.69) is 13.8 Å². The van der Waals surface area contributed by atoms with Crippen molar-refractivity contribution in [3.63, 3.8) is 0 Å². The second kappa shape index (κ2) is 7.46. The van der Waals surface area contributed by atoms with Gasteiger partial charge in [-0.1, -0.05) is 32.0 Å². The molecule has 1 heterocycles. The number of methoxy groups -OCH3 is 1. The zero-order valence-electron chi connectivity index (χ0n) is 13.2. The first-order valence-corrected chi connectivity index (χ1v) is 7.60. The maximum absolute atomic E-state index is 12.7. The predicted octanol–water partition coefficient (Wildman–Crippen LogP) is 2.37. The Balaban J connectivity index is 2.03. The number of hydrogen-bond donors (Lipinski definition) is 0. The Morgan fingerprint density at radius 1 is 1.43 bits per heavy atom. The molecule has 1 aromatic rings. The quantitative estimate of drug-likeness (QED) is 0.807. The lowest BCUT2D eigenvalue weighted by atomic mass is 9.95. The van der Waals surface area contributed by atoms with E-state index in [0.29, 0.717) is 25.7 Å². The van der Waals surface area contributed by atoms with E-state index in [0.717, 1.165) is 24.3 Å². The molecule has 1 atom stereocenters. The van der Waals surface area contributed by atoms with E-state index in [9.17, 15) is 4.79 Å². The number of para-hydroxylation sites is 1. The summed E-state index contributed by atoms with van der Waals surface area (Å²) >= 11 is 0. The van der Waals surface area contributed by atoms with Crippen LogP contribution in [0.2, 0.25) is 0 Å². The second-order valence-corrected chi connectivity index (χ2v) is 5.99. The Kier molecular flexibility index (Phi) is 5.62. The van der Waals surface area contributed by atoms with E-state index in [-0.39, 0.29) is 11.8 Å². The summed E-state index contributed by atoms with van der Waals surface area (Å²) in [6.45, 7) is 6.70. The van der Waals surface area contributed by atoms with Crippen LogP contribution in [-0.2, 0) is 16.0 Å². The second-order valence-electron chi connectivity index (χ2n) is 5.99. The number of carbonyl (C=O) groups excluding carboxylic acids is 1. The first kappa shape index (κ1) is 15.8. The van der Waals surface area contributed by atoms with Gasteiger partial charge in [0, 0.05) is 20.2 Å². The third kappa shape index (κ3) is 4.21. The average Bonchev–Trinajstić information content (AvgIpc) is 2.50. The minimum Gasteiger partial charge on any atom is -0.492 e. The molecular weight excluding hydrogens is 266 g/mol. The SMILES string of the molecule is COCCN(CC(C)C)C(=O)C1COc2ccccc2C1. The molecule has 0 fully saturated rings. The van der Waals surface area contributed by atoms with E-state index in [4.69, 9.17) is 9.47 Å². The molecule has 0 spiro atoms. The number of ether oxygens (including phenoxy) is 2. The molecule has 1 amide bonds. The number of amides is 1. The van der Waals surface area contributed by atoms with Crippen molar-refractivity contribution in [2.24, 2.45) is 11.8 Å². The Morgan fingerprint density at radius 3 is 2.90 bits per heavy atom. The van der Waals surface area contributed by atoms with Crippen LogP contribution in [0.5, 0.6) is 5.75 Å². The summed E-state index contributed by atoms with van der Waals surface area (Å²) in [7, 11) is 1.66. The molecule has 0 bridgehead atoms. The fourth-order valence-electron chi connectivity index (χ4n) is 2.68.